The van der Waals surface area contributed by atoms with Crippen molar-refractivity contribution < 1.29 is 4.74 Å². The number of nitrogens with one attached hydrogen (secondary N) is 1. The van der Waals surface area contributed by atoms with Crippen LogP contribution in [0.4, 0.5) is 0 Å². The van der Waals surface area contributed by atoms with E-state index in [1.807, 2.05) is 0 Å². The number of rotatable bonds is 4. The quantitative estimate of drug-likeness (QED) is 0.919. The van der Waals surface area contributed by atoms with Crippen LogP contribution < -0.4 is 5.32 Å². The molecule has 3 rings (SSSR count). The van der Waals surface area contributed by atoms with E-state index < -0.39 is 0 Å². The standard InChI is InChI=1S/C18H21NO/c1-3-7-15(8-4-1)13-17(16-9-5-2-6-10-16)18-14-19-11-12-20-18/h1-10,17-19H,11-14H2/t17-,18-/m0/s1. The lowest BCUT2D eigenvalue weighted by Gasteiger charge is -2.31. The molecule has 0 spiro atoms. The van der Waals surface area contributed by atoms with Crippen molar-refractivity contribution in [3.05, 3.63) is 71.8 Å². The Morgan fingerprint density at radius 1 is 1.00 bits per heavy atom. The molecule has 0 aliphatic carbocycles. The van der Waals surface area contributed by atoms with Crippen molar-refractivity contribution >= 4 is 0 Å². The second-order valence-corrected chi connectivity index (χ2v) is 5.32. The van der Waals surface area contributed by atoms with Gasteiger partial charge in [-0.3, -0.25) is 0 Å². The van der Waals surface area contributed by atoms with Gasteiger partial charge in [0.25, 0.3) is 0 Å². The lowest BCUT2D eigenvalue weighted by Crippen LogP contribution is -2.42. The topological polar surface area (TPSA) is 21.3 Å². The Kier molecular flexibility index (Phi) is 4.46. The van der Waals surface area contributed by atoms with Gasteiger partial charge in [-0.2, -0.15) is 0 Å². The molecule has 0 unspecified atom stereocenters. The van der Waals surface area contributed by atoms with Crippen molar-refractivity contribution in [3.8, 4) is 0 Å². The molecule has 2 atom stereocenters. The summed E-state index contributed by atoms with van der Waals surface area (Å²) < 4.78 is 6.00. The summed E-state index contributed by atoms with van der Waals surface area (Å²) in [7, 11) is 0. The van der Waals surface area contributed by atoms with Gasteiger partial charge in [0.05, 0.1) is 12.7 Å². The Bertz CT molecular complexity index is 505. The van der Waals surface area contributed by atoms with Crippen LogP contribution in [0.25, 0.3) is 0 Å². The zero-order valence-electron chi connectivity index (χ0n) is 11.7. The summed E-state index contributed by atoms with van der Waals surface area (Å²) in [5, 5.41) is 3.45. The van der Waals surface area contributed by atoms with Gasteiger partial charge in [0.15, 0.2) is 0 Å². The lowest BCUT2D eigenvalue weighted by molar-refractivity contribution is 0.0110. The molecule has 0 bridgehead atoms. The van der Waals surface area contributed by atoms with Crippen molar-refractivity contribution in [3.63, 3.8) is 0 Å². The predicted molar refractivity (Wildman–Crippen MR) is 81.9 cm³/mol. The molecule has 1 fully saturated rings. The van der Waals surface area contributed by atoms with Crippen LogP contribution in [0.5, 0.6) is 0 Å². The Morgan fingerprint density at radius 3 is 2.35 bits per heavy atom. The highest BCUT2D eigenvalue weighted by Crippen LogP contribution is 2.27. The predicted octanol–water partition coefficient (Wildman–Crippen LogP) is 3.00. The van der Waals surface area contributed by atoms with Crippen LogP contribution in [0.15, 0.2) is 60.7 Å². The van der Waals surface area contributed by atoms with Gasteiger partial charge in [0.1, 0.15) is 0 Å². The first-order chi connectivity index (χ1) is 9.93. The third-order valence-electron chi connectivity index (χ3n) is 3.93. The SMILES string of the molecule is c1ccc(C[C@@H](c2ccccc2)[C@@H]2CNCCO2)cc1. The minimum Gasteiger partial charge on any atom is -0.375 e. The van der Waals surface area contributed by atoms with Crippen LogP contribution in [0.1, 0.15) is 17.0 Å². The maximum absolute atomic E-state index is 6.00. The van der Waals surface area contributed by atoms with Crippen molar-refractivity contribution in [2.24, 2.45) is 0 Å². The highest BCUT2D eigenvalue weighted by molar-refractivity contribution is 5.25. The zero-order chi connectivity index (χ0) is 13.6. The molecule has 2 aromatic rings. The molecule has 1 aliphatic rings. The largest absolute Gasteiger partial charge is 0.375 e. The summed E-state index contributed by atoms with van der Waals surface area (Å²) in [6, 6.07) is 21.4. The van der Waals surface area contributed by atoms with Gasteiger partial charge < -0.3 is 10.1 Å². The minimum atomic E-state index is 0.256. The third kappa shape index (κ3) is 3.27. The number of hydrogen-bond donors (Lipinski definition) is 1. The van der Waals surface area contributed by atoms with Crippen LogP contribution in [-0.4, -0.2) is 25.8 Å². The highest BCUT2D eigenvalue weighted by Gasteiger charge is 2.25. The lowest BCUT2D eigenvalue weighted by atomic mass is 9.87. The first-order valence-corrected chi connectivity index (χ1v) is 7.34. The van der Waals surface area contributed by atoms with Gasteiger partial charge in [-0.05, 0) is 17.5 Å². The van der Waals surface area contributed by atoms with E-state index >= 15 is 0 Å². The molecule has 1 N–H and O–H groups in total. The van der Waals surface area contributed by atoms with Gasteiger partial charge in [-0.25, -0.2) is 0 Å². The molecule has 1 heterocycles. The molecule has 1 saturated heterocycles. The molecular formula is C18H21NO. The van der Waals surface area contributed by atoms with Crippen LogP contribution in [0, 0.1) is 0 Å². The molecule has 104 valence electrons. The third-order valence-corrected chi connectivity index (χ3v) is 3.93. The van der Waals surface area contributed by atoms with Gasteiger partial charge in [0, 0.05) is 19.0 Å². The van der Waals surface area contributed by atoms with Crippen LogP contribution in [0.2, 0.25) is 0 Å². The maximum Gasteiger partial charge on any atom is 0.0771 e. The zero-order valence-corrected chi connectivity index (χ0v) is 11.7. The summed E-state index contributed by atoms with van der Waals surface area (Å²) in [6.45, 7) is 2.71. The van der Waals surface area contributed by atoms with Crippen molar-refractivity contribution in [1.82, 2.24) is 5.32 Å². The first-order valence-electron chi connectivity index (χ1n) is 7.34. The first kappa shape index (κ1) is 13.3. The molecule has 1 aliphatic heterocycles. The van der Waals surface area contributed by atoms with Gasteiger partial charge >= 0.3 is 0 Å². The number of hydrogen-bond acceptors (Lipinski definition) is 2. The number of morpholine rings is 1. The van der Waals surface area contributed by atoms with Crippen LogP contribution in [-0.2, 0) is 11.2 Å². The average Bonchev–Trinajstić information content (AvgIpc) is 2.55. The second kappa shape index (κ2) is 6.69. The van der Waals surface area contributed by atoms with E-state index in [1.165, 1.54) is 11.1 Å². The van der Waals surface area contributed by atoms with Crippen LogP contribution in [0.3, 0.4) is 0 Å². The van der Waals surface area contributed by atoms with E-state index in [9.17, 15) is 0 Å². The van der Waals surface area contributed by atoms with E-state index in [0.717, 1.165) is 26.1 Å². The fourth-order valence-corrected chi connectivity index (χ4v) is 2.88. The van der Waals surface area contributed by atoms with E-state index in [0.29, 0.717) is 5.92 Å². The Balaban J connectivity index is 1.83. The highest BCUT2D eigenvalue weighted by atomic mass is 16.5. The number of ether oxygens (including phenoxy) is 1. The number of benzene rings is 2. The van der Waals surface area contributed by atoms with Crippen molar-refractivity contribution in [2.45, 2.75) is 18.4 Å². The summed E-state index contributed by atoms with van der Waals surface area (Å²) in [4.78, 5) is 0. The molecule has 0 aromatic heterocycles. The minimum absolute atomic E-state index is 0.256. The van der Waals surface area contributed by atoms with E-state index in [1.54, 1.807) is 0 Å². The van der Waals surface area contributed by atoms with Gasteiger partial charge in [0.2, 0.25) is 0 Å². The monoisotopic (exact) mass is 267 g/mol. The molecule has 2 aromatic carbocycles. The second-order valence-electron chi connectivity index (χ2n) is 5.32. The van der Waals surface area contributed by atoms with Gasteiger partial charge in [-0.15, -0.1) is 0 Å². The maximum atomic E-state index is 6.00. The van der Waals surface area contributed by atoms with Crippen molar-refractivity contribution in [1.29, 1.82) is 0 Å². The molecule has 2 heteroatoms. The Hall–Kier alpha value is -1.64. The molecule has 0 saturated carbocycles. The normalized spacial score (nSPS) is 20.5. The Labute approximate surface area is 120 Å². The molecule has 2 nitrogen and oxygen atoms in total. The summed E-state index contributed by atoms with van der Waals surface area (Å²) >= 11 is 0. The fraction of sp³-hybridized carbons (Fsp3) is 0.333. The molecule has 0 radical (unpaired) electrons. The molecule has 20 heavy (non-hydrogen) atoms. The van der Waals surface area contributed by atoms with Crippen LogP contribution >= 0.6 is 0 Å². The van der Waals surface area contributed by atoms with E-state index in [2.05, 4.69) is 66.0 Å². The van der Waals surface area contributed by atoms with Crippen molar-refractivity contribution in [2.75, 3.05) is 19.7 Å². The Morgan fingerprint density at radius 2 is 1.70 bits per heavy atom. The molecule has 0 amide bonds. The smallest absolute Gasteiger partial charge is 0.0771 e. The summed E-state index contributed by atoms with van der Waals surface area (Å²) in [5.74, 6) is 0.409. The molecular weight excluding hydrogens is 246 g/mol. The van der Waals surface area contributed by atoms with E-state index in [-0.39, 0.29) is 6.10 Å². The summed E-state index contributed by atoms with van der Waals surface area (Å²) in [6.07, 6.45) is 1.28. The fourth-order valence-electron chi connectivity index (χ4n) is 2.88. The van der Waals surface area contributed by atoms with E-state index in [4.69, 9.17) is 4.74 Å². The summed E-state index contributed by atoms with van der Waals surface area (Å²) in [5.41, 5.74) is 2.74. The average molecular weight is 267 g/mol. The van der Waals surface area contributed by atoms with Gasteiger partial charge in [-0.1, -0.05) is 60.7 Å².